The van der Waals surface area contributed by atoms with Crippen LogP contribution in [0.5, 0.6) is 5.75 Å². The number of benzene rings is 2. The summed E-state index contributed by atoms with van der Waals surface area (Å²) in [6.45, 7) is 15.2. The van der Waals surface area contributed by atoms with Crippen LogP contribution >= 0.6 is 0 Å². The Labute approximate surface area is 387 Å². The van der Waals surface area contributed by atoms with Gasteiger partial charge in [-0.1, -0.05) is 97.4 Å². The van der Waals surface area contributed by atoms with Gasteiger partial charge in [0.05, 0.1) is 49.3 Å². The fourth-order valence-corrected chi connectivity index (χ4v) is 9.40. The Kier molecular flexibility index (Phi) is 20.9. The average Bonchev–Trinajstić information content (AvgIpc) is 3.79. The third-order valence-corrected chi connectivity index (χ3v) is 13.5. The number of hydrogen-bond donors (Lipinski definition) is 2. The molecule has 15 nitrogen and oxygen atoms in total. The Bertz CT molecular complexity index is 1820. The van der Waals surface area contributed by atoms with Crippen molar-refractivity contribution in [2.75, 3.05) is 48.0 Å². The normalized spacial score (nSPS) is 19.3. The second kappa shape index (κ2) is 25.5. The lowest BCUT2D eigenvalue weighted by Crippen LogP contribution is -2.60. The number of amides is 5. The molecule has 0 aliphatic carbocycles. The standard InChI is InChI=1S/C50H78N6O9/c1-12-34(6)45(54(9)44(33(4)5)48(59)52-47(58)43(51)32(2)3)41(62-10)30-42(57)55-26-18-21-39(55)46(63-11)35(7)49(60)53(8)40(50(61)56-27-16-17-28-65-56)29-36-22-24-38(25-23-36)64-31-37-19-14-13-15-20-37/h13-15,19-20,22-25,32-35,39-41,43-46H,12,16-18,21,26-31,51H2,1-11H3,(H,52,58,59)/t34-,35+,39-,40-,41+,43-,44-,45-,46+/m0/s1. The van der Waals surface area contributed by atoms with Crippen LogP contribution in [0.4, 0.5) is 0 Å². The smallest absolute Gasteiger partial charge is 0.269 e. The molecule has 0 spiro atoms. The van der Waals surface area contributed by atoms with Gasteiger partial charge in [0.25, 0.3) is 5.91 Å². The monoisotopic (exact) mass is 907 g/mol. The van der Waals surface area contributed by atoms with Crippen LogP contribution in [0.15, 0.2) is 54.6 Å². The van der Waals surface area contributed by atoms with Gasteiger partial charge in [-0.2, -0.15) is 0 Å². The molecule has 3 N–H and O–H groups in total. The molecule has 0 unspecified atom stereocenters. The van der Waals surface area contributed by atoms with Gasteiger partial charge in [0.15, 0.2) is 0 Å². The number of nitrogens with one attached hydrogen (secondary N) is 1. The number of methoxy groups -OCH3 is 2. The second-order valence-corrected chi connectivity index (χ2v) is 18.7. The molecule has 2 heterocycles. The predicted molar refractivity (Wildman–Crippen MR) is 250 cm³/mol. The molecule has 4 rings (SSSR count). The Morgan fingerprint density at radius 2 is 1.52 bits per heavy atom. The van der Waals surface area contributed by atoms with Gasteiger partial charge < -0.3 is 29.7 Å². The van der Waals surface area contributed by atoms with E-state index in [9.17, 15) is 24.0 Å². The molecule has 362 valence electrons. The molecular weight excluding hydrogens is 829 g/mol. The van der Waals surface area contributed by atoms with E-state index in [-0.39, 0.29) is 54.4 Å². The molecule has 0 saturated carbocycles. The first-order valence-corrected chi connectivity index (χ1v) is 23.6. The van der Waals surface area contributed by atoms with Crippen molar-refractivity contribution in [3.8, 4) is 5.75 Å². The third-order valence-electron chi connectivity index (χ3n) is 13.5. The third kappa shape index (κ3) is 14.1. The summed E-state index contributed by atoms with van der Waals surface area (Å²) in [5.41, 5.74) is 7.99. The highest BCUT2D eigenvalue weighted by molar-refractivity contribution is 6.00. The topological polar surface area (TPSA) is 173 Å². The van der Waals surface area contributed by atoms with E-state index in [1.165, 1.54) is 9.96 Å². The van der Waals surface area contributed by atoms with Gasteiger partial charge in [-0.05, 0) is 73.7 Å². The van der Waals surface area contributed by atoms with Crippen LogP contribution in [0.1, 0.15) is 98.1 Å². The van der Waals surface area contributed by atoms with Gasteiger partial charge >= 0.3 is 0 Å². The lowest BCUT2D eigenvalue weighted by atomic mass is 9.87. The number of hydrogen-bond acceptors (Lipinski definition) is 11. The number of likely N-dealkylation sites (tertiary alicyclic amines) is 1. The Morgan fingerprint density at radius 3 is 2.09 bits per heavy atom. The maximum atomic E-state index is 14.6. The maximum absolute atomic E-state index is 14.6. The summed E-state index contributed by atoms with van der Waals surface area (Å²) in [4.78, 5) is 81.0. The summed E-state index contributed by atoms with van der Waals surface area (Å²) in [7, 11) is 6.64. The molecule has 9 atom stereocenters. The summed E-state index contributed by atoms with van der Waals surface area (Å²) in [6, 6.07) is 14.3. The summed E-state index contributed by atoms with van der Waals surface area (Å²) < 4.78 is 18.2. The van der Waals surface area contributed by atoms with Crippen LogP contribution in [0.2, 0.25) is 0 Å². The van der Waals surface area contributed by atoms with Gasteiger partial charge in [0.2, 0.25) is 23.6 Å². The Balaban J connectivity index is 1.52. The number of nitrogens with zero attached hydrogens (tertiary/aromatic N) is 4. The van der Waals surface area contributed by atoms with Crippen molar-refractivity contribution >= 4 is 29.5 Å². The molecule has 65 heavy (non-hydrogen) atoms. The zero-order chi connectivity index (χ0) is 48.0. The number of nitrogens with two attached hydrogens (primary N) is 1. The molecule has 0 radical (unpaired) electrons. The number of ether oxygens (including phenoxy) is 3. The van der Waals surface area contributed by atoms with E-state index in [4.69, 9.17) is 24.8 Å². The number of hydroxylamine groups is 2. The molecule has 15 heteroatoms. The van der Waals surface area contributed by atoms with Crippen molar-refractivity contribution in [3.63, 3.8) is 0 Å². The predicted octanol–water partition coefficient (Wildman–Crippen LogP) is 5.23. The maximum Gasteiger partial charge on any atom is 0.269 e. The summed E-state index contributed by atoms with van der Waals surface area (Å²) in [5, 5.41) is 3.93. The lowest BCUT2D eigenvalue weighted by Gasteiger charge is -2.43. The first kappa shape index (κ1) is 53.2. The number of likely N-dealkylation sites (N-methyl/N-ethyl adjacent to an activating group) is 2. The first-order chi connectivity index (χ1) is 30.9. The van der Waals surface area contributed by atoms with E-state index in [2.05, 4.69) is 19.2 Å². The molecule has 2 aliphatic heterocycles. The van der Waals surface area contributed by atoms with E-state index < -0.39 is 54.1 Å². The van der Waals surface area contributed by atoms with Crippen molar-refractivity contribution in [2.45, 2.75) is 142 Å². The van der Waals surface area contributed by atoms with Crippen LogP contribution in [0.25, 0.3) is 0 Å². The molecule has 5 amide bonds. The Hall–Kier alpha value is -4.41. The second-order valence-electron chi connectivity index (χ2n) is 18.7. The molecule has 2 fully saturated rings. The highest BCUT2D eigenvalue weighted by Gasteiger charge is 2.45. The minimum Gasteiger partial charge on any atom is -0.489 e. The van der Waals surface area contributed by atoms with E-state index in [0.29, 0.717) is 38.5 Å². The van der Waals surface area contributed by atoms with Crippen LogP contribution in [-0.2, 0) is 51.3 Å². The Morgan fingerprint density at radius 1 is 0.846 bits per heavy atom. The quantitative estimate of drug-likeness (QED) is 0.150. The minimum absolute atomic E-state index is 0.00611. The van der Waals surface area contributed by atoms with E-state index in [0.717, 1.165) is 36.8 Å². The highest BCUT2D eigenvalue weighted by Crippen LogP contribution is 2.31. The van der Waals surface area contributed by atoms with Crippen LogP contribution in [0.3, 0.4) is 0 Å². The van der Waals surface area contributed by atoms with E-state index in [1.807, 2.05) is 99.1 Å². The van der Waals surface area contributed by atoms with Crippen molar-refractivity contribution in [1.82, 2.24) is 25.1 Å². The molecule has 0 bridgehead atoms. The highest BCUT2D eigenvalue weighted by atomic mass is 16.7. The molecule has 2 saturated heterocycles. The summed E-state index contributed by atoms with van der Waals surface area (Å²) >= 11 is 0. The van der Waals surface area contributed by atoms with Crippen LogP contribution in [-0.4, -0.2) is 140 Å². The molecule has 2 aromatic rings. The van der Waals surface area contributed by atoms with Gasteiger partial charge in [0.1, 0.15) is 18.4 Å². The lowest BCUT2D eigenvalue weighted by molar-refractivity contribution is -0.202. The summed E-state index contributed by atoms with van der Waals surface area (Å²) in [5.74, 6) is -2.04. The molecule has 2 aliphatic rings. The minimum atomic E-state index is -0.864. The first-order valence-electron chi connectivity index (χ1n) is 23.6. The van der Waals surface area contributed by atoms with Crippen LogP contribution in [0, 0.1) is 23.7 Å². The fourth-order valence-electron chi connectivity index (χ4n) is 9.40. The van der Waals surface area contributed by atoms with Crippen molar-refractivity contribution in [2.24, 2.45) is 29.4 Å². The number of rotatable bonds is 23. The van der Waals surface area contributed by atoms with E-state index in [1.54, 1.807) is 28.2 Å². The number of imide groups is 1. The van der Waals surface area contributed by atoms with Crippen molar-refractivity contribution in [3.05, 3.63) is 65.7 Å². The van der Waals surface area contributed by atoms with Crippen LogP contribution < -0.4 is 15.8 Å². The number of carbonyl (C=O) groups is 5. The SMILES string of the molecule is CC[C@H](C)[C@@H]([C@@H](CC(=O)N1CCC[C@H]1[C@H](OC)[C@@H](C)C(=O)N(C)[C@@H](Cc1ccc(OCc2ccccc2)cc1)C(=O)N1CCCCO1)OC)N(C)[C@H](C(=O)NC(=O)[C@@H](N)C(C)C)C(C)C. The fraction of sp³-hybridized carbons (Fsp3) is 0.660. The van der Waals surface area contributed by atoms with Crippen molar-refractivity contribution < 1.29 is 43.0 Å². The molecule has 2 aromatic carbocycles. The largest absolute Gasteiger partial charge is 0.489 e. The summed E-state index contributed by atoms with van der Waals surface area (Å²) in [6.07, 6.45) is 2.76. The van der Waals surface area contributed by atoms with Gasteiger partial charge in [-0.25, -0.2) is 5.06 Å². The number of carbonyl (C=O) groups excluding carboxylic acids is 5. The average molecular weight is 907 g/mol. The zero-order valence-corrected chi connectivity index (χ0v) is 40.9. The van der Waals surface area contributed by atoms with Gasteiger partial charge in [-0.15, -0.1) is 0 Å². The molecular formula is C50H78N6O9. The van der Waals surface area contributed by atoms with Crippen molar-refractivity contribution in [1.29, 1.82) is 0 Å². The molecule has 0 aromatic heterocycles. The van der Waals surface area contributed by atoms with E-state index >= 15 is 0 Å². The van der Waals surface area contributed by atoms with Gasteiger partial charge in [0, 0.05) is 46.8 Å². The zero-order valence-electron chi connectivity index (χ0n) is 40.9. The van der Waals surface area contributed by atoms with Gasteiger partial charge in [-0.3, -0.25) is 39.0 Å².